The second-order valence-corrected chi connectivity index (χ2v) is 10.3. The molecule has 0 saturated carbocycles. The second kappa shape index (κ2) is 9.90. The standard InChI is InChI=1S/C28H29N5O6/c1-13(2)22(26(36)31-19(28(38)39)12-21(29)34)32-25(35)20-11-17-14-7-5-6-10-18(14)30-23(17)24-15-8-3-4-9-16(15)27(37)33(20)24/h3-10,13,19-20,22,24,30H,11-12H2,1-2H3,(H2,29,34)(H,31,36)(H,32,35)(H,38,39)/t19-,20-,22-,24-/m0/s1. The van der Waals surface area contributed by atoms with Crippen LogP contribution in [0.2, 0.25) is 0 Å². The van der Waals surface area contributed by atoms with Gasteiger partial charge in [0.05, 0.1) is 12.5 Å². The minimum atomic E-state index is -1.53. The van der Waals surface area contributed by atoms with Gasteiger partial charge < -0.3 is 31.4 Å². The molecule has 1 aromatic heterocycles. The number of para-hydroxylation sites is 1. The molecule has 5 rings (SSSR count). The van der Waals surface area contributed by atoms with Crippen molar-refractivity contribution in [2.45, 2.75) is 50.9 Å². The van der Waals surface area contributed by atoms with Gasteiger partial charge in [-0.25, -0.2) is 4.79 Å². The van der Waals surface area contributed by atoms with E-state index in [2.05, 4.69) is 15.6 Å². The maximum Gasteiger partial charge on any atom is 0.326 e. The number of hydrogen-bond donors (Lipinski definition) is 5. The molecule has 0 radical (unpaired) electrons. The number of aromatic nitrogens is 1. The highest BCUT2D eigenvalue weighted by atomic mass is 16.4. The number of H-pyrrole nitrogens is 1. The number of carboxylic acid groups (broad SMARTS) is 1. The van der Waals surface area contributed by atoms with E-state index in [-0.39, 0.29) is 12.3 Å². The number of primary amides is 1. The number of benzene rings is 2. The second-order valence-electron chi connectivity index (χ2n) is 10.3. The molecule has 11 nitrogen and oxygen atoms in total. The number of carboxylic acids is 1. The van der Waals surface area contributed by atoms with Gasteiger partial charge in [0.1, 0.15) is 18.1 Å². The molecule has 0 saturated heterocycles. The average Bonchev–Trinajstić information content (AvgIpc) is 3.41. The molecule has 0 fully saturated rings. The fourth-order valence-electron chi connectivity index (χ4n) is 5.58. The number of nitrogens with zero attached hydrogens (tertiary/aromatic N) is 1. The van der Waals surface area contributed by atoms with Gasteiger partial charge in [-0.05, 0) is 29.2 Å². The zero-order chi connectivity index (χ0) is 28.0. The van der Waals surface area contributed by atoms with Crippen LogP contribution in [0, 0.1) is 5.92 Å². The summed E-state index contributed by atoms with van der Waals surface area (Å²) in [4.78, 5) is 68.3. The largest absolute Gasteiger partial charge is 0.480 e. The summed E-state index contributed by atoms with van der Waals surface area (Å²) in [5, 5.41) is 15.4. The molecular weight excluding hydrogens is 502 g/mol. The molecule has 11 heteroatoms. The first-order chi connectivity index (χ1) is 18.6. The number of carbonyl (C=O) groups is 5. The van der Waals surface area contributed by atoms with Gasteiger partial charge in [-0.2, -0.15) is 0 Å². The van der Waals surface area contributed by atoms with E-state index in [1.165, 1.54) is 0 Å². The first-order valence-corrected chi connectivity index (χ1v) is 12.7. The fourth-order valence-corrected chi connectivity index (χ4v) is 5.58. The van der Waals surface area contributed by atoms with Crippen LogP contribution in [0.4, 0.5) is 0 Å². The summed E-state index contributed by atoms with van der Waals surface area (Å²) in [6.45, 7) is 3.40. The Balaban J connectivity index is 1.48. The minimum Gasteiger partial charge on any atom is -0.480 e. The van der Waals surface area contributed by atoms with Crippen LogP contribution in [0.3, 0.4) is 0 Å². The third-order valence-corrected chi connectivity index (χ3v) is 7.42. The van der Waals surface area contributed by atoms with Gasteiger partial charge >= 0.3 is 5.97 Å². The van der Waals surface area contributed by atoms with Crippen LogP contribution >= 0.6 is 0 Å². The Morgan fingerprint density at radius 3 is 2.46 bits per heavy atom. The summed E-state index contributed by atoms with van der Waals surface area (Å²) in [6.07, 6.45) is -0.360. The van der Waals surface area contributed by atoms with Crippen molar-refractivity contribution in [3.63, 3.8) is 0 Å². The molecule has 2 aromatic carbocycles. The van der Waals surface area contributed by atoms with E-state index in [9.17, 15) is 29.1 Å². The van der Waals surface area contributed by atoms with Gasteiger partial charge in [0, 0.05) is 28.6 Å². The monoisotopic (exact) mass is 531 g/mol. The fraction of sp³-hybridized carbons (Fsp3) is 0.321. The van der Waals surface area contributed by atoms with Crippen molar-refractivity contribution >= 4 is 40.5 Å². The van der Waals surface area contributed by atoms with Crippen molar-refractivity contribution in [3.05, 3.63) is 70.9 Å². The smallest absolute Gasteiger partial charge is 0.326 e. The normalized spacial score (nSPS) is 19.2. The van der Waals surface area contributed by atoms with Crippen molar-refractivity contribution < 1.29 is 29.1 Å². The van der Waals surface area contributed by atoms with E-state index in [0.29, 0.717) is 5.56 Å². The number of rotatable bonds is 8. The van der Waals surface area contributed by atoms with Crippen LogP contribution in [-0.4, -0.2) is 62.7 Å². The van der Waals surface area contributed by atoms with Crippen molar-refractivity contribution in [2.24, 2.45) is 11.7 Å². The number of nitrogens with one attached hydrogen (secondary N) is 3. The van der Waals surface area contributed by atoms with Gasteiger partial charge in [-0.3, -0.25) is 19.2 Å². The number of amides is 4. The highest BCUT2D eigenvalue weighted by Crippen LogP contribution is 2.46. The molecular formula is C28H29N5O6. The number of carbonyl (C=O) groups excluding carboxylic acids is 4. The van der Waals surface area contributed by atoms with Gasteiger partial charge in [-0.15, -0.1) is 0 Å². The van der Waals surface area contributed by atoms with Crippen molar-refractivity contribution in [1.82, 2.24) is 20.5 Å². The van der Waals surface area contributed by atoms with Gasteiger partial charge in [-0.1, -0.05) is 50.2 Å². The summed E-state index contributed by atoms with van der Waals surface area (Å²) in [5.41, 5.74) is 9.11. The van der Waals surface area contributed by atoms with E-state index in [0.717, 1.165) is 27.7 Å². The average molecular weight is 532 g/mol. The van der Waals surface area contributed by atoms with E-state index in [1.54, 1.807) is 30.9 Å². The van der Waals surface area contributed by atoms with Crippen LogP contribution in [0.1, 0.15) is 53.5 Å². The zero-order valence-electron chi connectivity index (χ0n) is 21.4. The van der Waals surface area contributed by atoms with E-state index >= 15 is 0 Å². The third-order valence-electron chi connectivity index (χ3n) is 7.42. The highest BCUT2D eigenvalue weighted by molar-refractivity contribution is 6.04. The number of hydrogen-bond acceptors (Lipinski definition) is 5. The summed E-state index contributed by atoms with van der Waals surface area (Å²) in [7, 11) is 0. The zero-order valence-corrected chi connectivity index (χ0v) is 21.4. The van der Waals surface area contributed by atoms with Crippen LogP contribution in [0.25, 0.3) is 10.9 Å². The Labute approximate surface area is 223 Å². The van der Waals surface area contributed by atoms with Crippen LogP contribution in [0.5, 0.6) is 0 Å². The predicted molar refractivity (Wildman–Crippen MR) is 140 cm³/mol. The van der Waals surface area contributed by atoms with Crippen molar-refractivity contribution in [3.8, 4) is 0 Å². The minimum absolute atomic E-state index is 0.229. The first kappa shape index (κ1) is 26.0. The molecule has 4 atom stereocenters. The summed E-state index contributed by atoms with van der Waals surface area (Å²) in [5.74, 6) is -4.30. The Kier molecular flexibility index (Phi) is 6.59. The number of aliphatic carboxylic acids is 1. The lowest BCUT2D eigenvalue weighted by Crippen LogP contribution is -2.59. The number of nitrogens with two attached hydrogens (primary N) is 1. The molecule has 202 valence electrons. The number of aromatic amines is 1. The first-order valence-electron chi connectivity index (χ1n) is 12.7. The maximum atomic E-state index is 13.8. The summed E-state index contributed by atoms with van der Waals surface area (Å²) in [6, 6.07) is 10.9. The third kappa shape index (κ3) is 4.49. The van der Waals surface area contributed by atoms with E-state index in [4.69, 9.17) is 5.73 Å². The van der Waals surface area contributed by atoms with E-state index < -0.39 is 60.2 Å². The van der Waals surface area contributed by atoms with Crippen LogP contribution in [-0.2, 0) is 25.6 Å². The summed E-state index contributed by atoms with van der Waals surface area (Å²) < 4.78 is 0. The van der Waals surface area contributed by atoms with Gasteiger partial charge in [0.2, 0.25) is 17.7 Å². The highest BCUT2D eigenvalue weighted by Gasteiger charge is 2.49. The van der Waals surface area contributed by atoms with Gasteiger partial charge in [0.15, 0.2) is 0 Å². The Morgan fingerprint density at radius 2 is 1.77 bits per heavy atom. The molecule has 2 aliphatic heterocycles. The lowest BCUT2D eigenvalue weighted by Gasteiger charge is -2.38. The Morgan fingerprint density at radius 1 is 1.08 bits per heavy atom. The lowest BCUT2D eigenvalue weighted by atomic mass is 9.89. The van der Waals surface area contributed by atoms with Crippen molar-refractivity contribution in [2.75, 3.05) is 0 Å². The molecule has 0 unspecified atom stereocenters. The lowest BCUT2D eigenvalue weighted by molar-refractivity contribution is -0.144. The molecule has 2 aliphatic rings. The molecule has 3 aromatic rings. The van der Waals surface area contributed by atoms with Crippen LogP contribution < -0.4 is 16.4 Å². The molecule has 4 amide bonds. The maximum absolute atomic E-state index is 13.8. The van der Waals surface area contributed by atoms with Crippen molar-refractivity contribution in [1.29, 1.82) is 0 Å². The topological polar surface area (TPSA) is 175 Å². The Bertz CT molecular complexity index is 1510. The molecule has 0 bridgehead atoms. The predicted octanol–water partition coefficient (Wildman–Crippen LogP) is 1.22. The quantitative estimate of drug-likeness (QED) is 0.292. The SMILES string of the molecule is CC(C)[C@H](NC(=O)[C@@H]1Cc2c([nH]c3ccccc23)[C@@H]2c3ccccc3C(=O)N21)C(=O)N[C@@H](CC(N)=O)C(=O)O. The van der Waals surface area contributed by atoms with E-state index in [1.807, 2.05) is 36.4 Å². The van der Waals surface area contributed by atoms with Crippen LogP contribution in [0.15, 0.2) is 48.5 Å². The molecule has 6 N–H and O–H groups in total. The molecule has 0 aliphatic carbocycles. The van der Waals surface area contributed by atoms with Gasteiger partial charge in [0.25, 0.3) is 5.91 Å². The number of fused-ring (bicyclic) bond motifs is 7. The summed E-state index contributed by atoms with van der Waals surface area (Å²) >= 11 is 0. The Hall–Kier alpha value is -4.67. The molecule has 0 spiro atoms. The molecule has 39 heavy (non-hydrogen) atoms. The molecule has 3 heterocycles.